The van der Waals surface area contributed by atoms with Gasteiger partial charge in [-0.3, -0.25) is 4.79 Å². The van der Waals surface area contributed by atoms with Crippen LogP contribution in [0.2, 0.25) is 0 Å². The summed E-state index contributed by atoms with van der Waals surface area (Å²) in [5.41, 5.74) is 2.24. The standard InChI is InChI=1S/C15H16N2O3S/c1-2-11-3-7-13(8-4-11)17-15(18)12-5-9-14(10-6-12)21(16,19)20/h3-10H,2H2,1H3,(H,17,18)(H2,16,19,20). The van der Waals surface area contributed by atoms with Gasteiger partial charge < -0.3 is 5.32 Å². The Balaban J connectivity index is 2.12. The third-order valence-corrected chi connectivity index (χ3v) is 3.99. The number of anilines is 1. The average molecular weight is 304 g/mol. The summed E-state index contributed by atoms with van der Waals surface area (Å²) in [6, 6.07) is 13.0. The second kappa shape index (κ2) is 6.07. The zero-order valence-corrected chi connectivity index (χ0v) is 12.4. The molecule has 0 aliphatic heterocycles. The van der Waals surface area contributed by atoms with Crippen molar-refractivity contribution in [2.24, 2.45) is 5.14 Å². The van der Waals surface area contributed by atoms with Gasteiger partial charge in [-0.1, -0.05) is 19.1 Å². The van der Waals surface area contributed by atoms with Crippen LogP contribution in [0.5, 0.6) is 0 Å². The highest BCUT2D eigenvalue weighted by Gasteiger charge is 2.10. The quantitative estimate of drug-likeness (QED) is 0.907. The van der Waals surface area contributed by atoms with Crippen molar-refractivity contribution in [1.29, 1.82) is 0 Å². The second-order valence-electron chi connectivity index (χ2n) is 4.57. The maximum Gasteiger partial charge on any atom is 0.255 e. The fourth-order valence-corrected chi connectivity index (χ4v) is 2.34. The number of nitrogens with two attached hydrogens (primary N) is 1. The lowest BCUT2D eigenvalue weighted by Crippen LogP contribution is -2.14. The lowest BCUT2D eigenvalue weighted by Gasteiger charge is -2.06. The number of nitrogens with one attached hydrogen (secondary N) is 1. The van der Waals surface area contributed by atoms with Gasteiger partial charge in [0.1, 0.15) is 0 Å². The summed E-state index contributed by atoms with van der Waals surface area (Å²) in [5, 5.41) is 7.75. The number of carbonyl (C=O) groups is 1. The van der Waals surface area contributed by atoms with Gasteiger partial charge in [0, 0.05) is 11.3 Å². The molecule has 2 aromatic carbocycles. The molecule has 1 amide bonds. The van der Waals surface area contributed by atoms with Gasteiger partial charge in [-0.05, 0) is 48.4 Å². The summed E-state index contributed by atoms with van der Waals surface area (Å²) < 4.78 is 22.3. The van der Waals surface area contributed by atoms with Gasteiger partial charge in [-0.2, -0.15) is 0 Å². The molecule has 0 spiro atoms. The van der Waals surface area contributed by atoms with Crippen LogP contribution in [-0.2, 0) is 16.4 Å². The number of aryl methyl sites for hydroxylation is 1. The molecule has 0 heterocycles. The summed E-state index contributed by atoms with van der Waals surface area (Å²) in [7, 11) is -3.74. The van der Waals surface area contributed by atoms with Gasteiger partial charge in [0.05, 0.1) is 4.90 Å². The molecule has 3 N–H and O–H groups in total. The Morgan fingerprint density at radius 1 is 1.05 bits per heavy atom. The van der Waals surface area contributed by atoms with Crippen LogP contribution in [0.25, 0.3) is 0 Å². The van der Waals surface area contributed by atoms with Crippen molar-refractivity contribution in [2.75, 3.05) is 5.32 Å². The van der Waals surface area contributed by atoms with Crippen molar-refractivity contribution in [2.45, 2.75) is 18.2 Å². The first kappa shape index (κ1) is 15.2. The molecule has 2 aromatic rings. The molecule has 0 saturated carbocycles. The Labute approximate surface area is 123 Å². The van der Waals surface area contributed by atoms with E-state index in [1.807, 2.05) is 24.3 Å². The maximum absolute atomic E-state index is 12.0. The monoisotopic (exact) mass is 304 g/mol. The van der Waals surface area contributed by atoms with E-state index in [1.54, 1.807) is 0 Å². The fraction of sp³-hybridized carbons (Fsp3) is 0.133. The molecule has 0 aromatic heterocycles. The first-order valence-corrected chi connectivity index (χ1v) is 7.98. The minimum atomic E-state index is -3.74. The van der Waals surface area contributed by atoms with Gasteiger partial charge in [0.15, 0.2) is 0 Å². The van der Waals surface area contributed by atoms with Crippen LogP contribution in [0.3, 0.4) is 0 Å². The lowest BCUT2D eigenvalue weighted by atomic mass is 10.1. The Bertz CT molecular complexity index is 735. The number of benzene rings is 2. The van der Waals surface area contributed by atoms with Gasteiger partial charge >= 0.3 is 0 Å². The van der Waals surface area contributed by atoms with Crippen molar-refractivity contribution in [1.82, 2.24) is 0 Å². The molecule has 21 heavy (non-hydrogen) atoms. The topological polar surface area (TPSA) is 89.3 Å². The predicted molar refractivity (Wildman–Crippen MR) is 81.6 cm³/mol. The van der Waals surface area contributed by atoms with E-state index in [4.69, 9.17) is 5.14 Å². The van der Waals surface area contributed by atoms with Crippen LogP contribution in [-0.4, -0.2) is 14.3 Å². The first-order chi connectivity index (χ1) is 9.90. The van der Waals surface area contributed by atoms with E-state index in [1.165, 1.54) is 29.8 Å². The Kier molecular flexibility index (Phi) is 4.40. The summed E-state index contributed by atoms with van der Waals surface area (Å²) in [6.07, 6.45) is 0.934. The normalized spacial score (nSPS) is 11.1. The molecule has 5 nitrogen and oxygen atoms in total. The third kappa shape index (κ3) is 3.90. The molecular weight excluding hydrogens is 288 g/mol. The molecule has 0 saturated heterocycles. The van der Waals surface area contributed by atoms with Crippen LogP contribution < -0.4 is 10.5 Å². The molecule has 0 bridgehead atoms. The third-order valence-electron chi connectivity index (χ3n) is 3.07. The summed E-state index contributed by atoms with van der Waals surface area (Å²) in [5.74, 6) is -0.305. The van der Waals surface area contributed by atoms with Gasteiger partial charge in [0.2, 0.25) is 10.0 Å². The molecular formula is C15H16N2O3S. The number of sulfonamides is 1. The van der Waals surface area contributed by atoms with E-state index in [2.05, 4.69) is 12.2 Å². The highest BCUT2D eigenvalue weighted by Crippen LogP contribution is 2.13. The Hall–Kier alpha value is -2.18. The Morgan fingerprint density at radius 3 is 2.10 bits per heavy atom. The molecule has 0 unspecified atom stereocenters. The van der Waals surface area contributed by atoms with Gasteiger partial charge in [-0.15, -0.1) is 0 Å². The fourth-order valence-electron chi connectivity index (χ4n) is 1.82. The van der Waals surface area contributed by atoms with Crippen LogP contribution in [0.1, 0.15) is 22.8 Å². The van der Waals surface area contributed by atoms with Crippen LogP contribution in [0.15, 0.2) is 53.4 Å². The molecule has 6 heteroatoms. The van der Waals surface area contributed by atoms with Crippen molar-refractivity contribution < 1.29 is 13.2 Å². The van der Waals surface area contributed by atoms with E-state index in [0.717, 1.165) is 6.42 Å². The van der Waals surface area contributed by atoms with Crippen LogP contribution in [0, 0.1) is 0 Å². The SMILES string of the molecule is CCc1ccc(NC(=O)c2ccc(S(N)(=O)=O)cc2)cc1. The predicted octanol–water partition coefficient (Wildman–Crippen LogP) is 2.15. The lowest BCUT2D eigenvalue weighted by molar-refractivity contribution is 0.102. The zero-order valence-electron chi connectivity index (χ0n) is 11.5. The smallest absolute Gasteiger partial charge is 0.255 e. The van der Waals surface area contributed by atoms with E-state index >= 15 is 0 Å². The zero-order chi connectivity index (χ0) is 15.5. The minimum Gasteiger partial charge on any atom is -0.322 e. The van der Waals surface area contributed by atoms with E-state index < -0.39 is 10.0 Å². The second-order valence-corrected chi connectivity index (χ2v) is 6.14. The van der Waals surface area contributed by atoms with Crippen molar-refractivity contribution in [3.05, 3.63) is 59.7 Å². The Morgan fingerprint density at radius 2 is 1.62 bits per heavy atom. The number of carbonyl (C=O) groups excluding carboxylic acids is 1. The number of primary sulfonamides is 1. The highest BCUT2D eigenvalue weighted by atomic mass is 32.2. The number of hydrogen-bond donors (Lipinski definition) is 2. The molecule has 0 radical (unpaired) electrons. The van der Waals surface area contributed by atoms with Gasteiger partial charge in [0.25, 0.3) is 5.91 Å². The number of amides is 1. The van der Waals surface area contributed by atoms with E-state index in [0.29, 0.717) is 11.3 Å². The van der Waals surface area contributed by atoms with Crippen molar-refractivity contribution in [3.63, 3.8) is 0 Å². The maximum atomic E-state index is 12.0. The molecule has 2 rings (SSSR count). The highest BCUT2D eigenvalue weighted by molar-refractivity contribution is 7.89. The number of rotatable bonds is 4. The summed E-state index contributed by atoms with van der Waals surface area (Å²) in [6.45, 7) is 2.06. The molecule has 0 aliphatic carbocycles. The van der Waals surface area contributed by atoms with Crippen LogP contribution in [0.4, 0.5) is 5.69 Å². The summed E-state index contributed by atoms with van der Waals surface area (Å²) in [4.78, 5) is 12.0. The molecule has 110 valence electrons. The minimum absolute atomic E-state index is 0.0219. The molecule has 0 aliphatic rings. The largest absolute Gasteiger partial charge is 0.322 e. The average Bonchev–Trinajstić information content (AvgIpc) is 2.47. The van der Waals surface area contributed by atoms with Crippen LogP contribution >= 0.6 is 0 Å². The van der Waals surface area contributed by atoms with E-state index in [-0.39, 0.29) is 10.8 Å². The van der Waals surface area contributed by atoms with Crippen molar-refractivity contribution in [3.8, 4) is 0 Å². The summed E-state index contributed by atoms with van der Waals surface area (Å²) >= 11 is 0. The molecule has 0 atom stereocenters. The first-order valence-electron chi connectivity index (χ1n) is 6.43. The number of hydrogen-bond acceptors (Lipinski definition) is 3. The van der Waals surface area contributed by atoms with Crippen molar-refractivity contribution >= 4 is 21.6 Å². The molecule has 0 fully saturated rings. The van der Waals surface area contributed by atoms with Gasteiger partial charge in [-0.25, -0.2) is 13.6 Å². The van der Waals surface area contributed by atoms with E-state index in [9.17, 15) is 13.2 Å².